The van der Waals surface area contributed by atoms with Crippen LogP contribution < -0.4 is 10.1 Å². The van der Waals surface area contributed by atoms with Gasteiger partial charge in [-0.3, -0.25) is 4.79 Å². The standard InChI is InChI=1S/C16H23NO4/c1-12-4-5-14(10-13(12)2)19-11-15(18)17-7-6-16(3)20-8-9-21-16/h4-5,10H,6-9,11H2,1-3H3,(H,17,18). The van der Waals surface area contributed by atoms with Gasteiger partial charge in [-0.2, -0.15) is 0 Å². The van der Waals surface area contributed by atoms with E-state index >= 15 is 0 Å². The lowest BCUT2D eigenvalue weighted by Crippen LogP contribution is -2.35. The highest BCUT2D eigenvalue weighted by Gasteiger charge is 2.30. The summed E-state index contributed by atoms with van der Waals surface area (Å²) in [5.74, 6) is -0.000130. The van der Waals surface area contributed by atoms with E-state index in [9.17, 15) is 4.79 Å². The fourth-order valence-corrected chi connectivity index (χ4v) is 2.13. The van der Waals surface area contributed by atoms with Crippen molar-refractivity contribution in [1.82, 2.24) is 5.32 Å². The van der Waals surface area contributed by atoms with Gasteiger partial charge in [-0.1, -0.05) is 6.07 Å². The molecule has 1 aromatic rings. The van der Waals surface area contributed by atoms with Crippen LogP contribution in [0.3, 0.4) is 0 Å². The maximum atomic E-state index is 11.7. The predicted molar refractivity (Wildman–Crippen MR) is 79.3 cm³/mol. The first-order valence-corrected chi connectivity index (χ1v) is 7.23. The van der Waals surface area contributed by atoms with Crippen molar-refractivity contribution in [3.63, 3.8) is 0 Å². The minimum Gasteiger partial charge on any atom is -0.484 e. The third kappa shape index (κ3) is 4.72. The molecule has 21 heavy (non-hydrogen) atoms. The molecule has 0 atom stereocenters. The van der Waals surface area contributed by atoms with E-state index in [1.165, 1.54) is 5.56 Å². The summed E-state index contributed by atoms with van der Waals surface area (Å²) in [6, 6.07) is 5.79. The van der Waals surface area contributed by atoms with Crippen LogP contribution in [0.1, 0.15) is 24.5 Å². The van der Waals surface area contributed by atoms with Gasteiger partial charge in [-0.25, -0.2) is 0 Å². The SMILES string of the molecule is Cc1ccc(OCC(=O)NCCC2(C)OCCO2)cc1C. The quantitative estimate of drug-likeness (QED) is 0.871. The second-order valence-electron chi connectivity index (χ2n) is 5.47. The Morgan fingerprint density at radius 3 is 2.67 bits per heavy atom. The summed E-state index contributed by atoms with van der Waals surface area (Å²) in [4.78, 5) is 11.7. The van der Waals surface area contributed by atoms with Gasteiger partial charge in [0.2, 0.25) is 0 Å². The van der Waals surface area contributed by atoms with Gasteiger partial charge in [0.25, 0.3) is 5.91 Å². The van der Waals surface area contributed by atoms with Crippen molar-refractivity contribution in [3.8, 4) is 5.75 Å². The minimum absolute atomic E-state index is 0.0148. The summed E-state index contributed by atoms with van der Waals surface area (Å²) >= 11 is 0. The highest BCUT2D eigenvalue weighted by Crippen LogP contribution is 2.21. The van der Waals surface area contributed by atoms with Gasteiger partial charge >= 0.3 is 0 Å². The van der Waals surface area contributed by atoms with Gasteiger partial charge in [0.15, 0.2) is 12.4 Å². The number of ether oxygens (including phenoxy) is 3. The molecule has 0 spiro atoms. The molecule has 1 saturated heterocycles. The molecule has 5 nitrogen and oxygen atoms in total. The molecule has 0 bridgehead atoms. The average molecular weight is 293 g/mol. The second kappa shape index (κ2) is 6.91. The Morgan fingerprint density at radius 1 is 1.29 bits per heavy atom. The Kier molecular flexibility index (Phi) is 5.20. The molecule has 1 aliphatic rings. The van der Waals surface area contributed by atoms with Gasteiger partial charge in [0.1, 0.15) is 5.75 Å². The zero-order valence-corrected chi connectivity index (χ0v) is 12.9. The number of carbonyl (C=O) groups is 1. The van der Waals surface area contributed by atoms with Gasteiger partial charge in [-0.05, 0) is 44.0 Å². The Morgan fingerprint density at radius 2 is 2.00 bits per heavy atom. The maximum absolute atomic E-state index is 11.7. The fraction of sp³-hybridized carbons (Fsp3) is 0.562. The van der Waals surface area contributed by atoms with Crippen molar-refractivity contribution >= 4 is 5.91 Å². The van der Waals surface area contributed by atoms with Crippen LogP contribution in [0.2, 0.25) is 0 Å². The van der Waals surface area contributed by atoms with E-state index in [1.807, 2.05) is 39.0 Å². The molecule has 0 radical (unpaired) electrons. The maximum Gasteiger partial charge on any atom is 0.257 e. The normalized spacial score (nSPS) is 16.7. The van der Waals surface area contributed by atoms with Crippen molar-refractivity contribution in [2.45, 2.75) is 33.0 Å². The number of benzene rings is 1. The highest BCUT2D eigenvalue weighted by molar-refractivity contribution is 5.77. The van der Waals surface area contributed by atoms with Crippen LogP contribution >= 0.6 is 0 Å². The summed E-state index contributed by atoms with van der Waals surface area (Å²) in [5, 5.41) is 2.81. The molecule has 1 aromatic carbocycles. The van der Waals surface area contributed by atoms with Gasteiger partial charge in [-0.15, -0.1) is 0 Å². The zero-order valence-electron chi connectivity index (χ0n) is 12.9. The molecule has 1 amide bonds. The predicted octanol–water partition coefficient (Wildman–Crippen LogP) is 1.95. The largest absolute Gasteiger partial charge is 0.484 e. The zero-order chi connectivity index (χ0) is 15.3. The molecule has 1 fully saturated rings. The number of amides is 1. The minimum atomic E-state index is -0.567. The third-order valence-electron chi connectivity index (χ3n) is 3.65. The Hall–Kier alpha value is -1.59. The van der Waals surface area contributed by atoms with Crippen LogP contribution in [0.15, 0.2) is 18.2 Å². The van der Waals surface area contributed by atoms with Crippen molar-refractivity contribution in [1.29, 1.82) is 0 Å². The van der Waals surface area contributed by atoms with Crippen LogP contribution in [0.25, 0.3) is 0 Å². The fourth-order valence-electron chi connectivity index (χ4n) is 2.13. The molecule has 1 aliphatic heterocycles. The number of aryl methyl sites for hydroxylation is 2. The van der Waals surface area contributed by atoms with Crippen molar-refractivity contribution in [2.75, 3.05) is 26.4 Å². The van der Waals surface area contributed by atoms with Gasteiger partial charge in [0.05, 0.1) is 13.2 Å². The topological polar surface area (TPSA) is 56.8 Å². The molecule has 1 N–H and O–H groups in total. The van der Waals surface area contributed by atoms with Crippen LogP contribution in [0.4, 0.5) is 0 Å². The molecule has 0 unspecified atom stereocenters. The van der Waals surface area contributed by atoms with Crippen LogP contribution in [-0.2, 0) is 14.3 Å². The van der Waals surface area contributed by atoms with Crippen LogP contribution in [0.5, 0.6) is 5.75 Å². The Labute approximate surface area is 125 Å². The van der Waals surface area contributed by atoms with Crippen LogP contribution in [0, 0.1) is 13.8 Å². The number of hydrogen-bond donors (Lipinski definition) is 1. The third-order valence-corrected chi connectivity index (χ3v) is 3.65. The number of hydrogen-bond acceptors (Lipinski definition) is 4. The molecule has 2 rings (SSSR count). The molecule has 0 aliphatic carbocycles. The van der Waals surface area contributed by atoms with E-state index < -0.39 is 5.79 Å². The van der Waals surface area contributed by atoms with Crippen LogP contribution in [-0.4, -0.2) is 38.1 Å². The van der Waals surface area contributed by atoms with Gasteiger partial charge in [0, 0.05) is 13.0 Å². The van der Waals surface area contributed by atoms with E-state index in [4.69, 9.17) is 14.2 Å². The number of nitrogens with one attached hydrogen (secondary N) is 1. The molecule has 5 heteroatoms. The first-order valence-electron chi connectivity index (χ1n) is 7.23. The van der Waals surface area contributed by atoms with Gasteiger partial charge < -0.3 is 19.5 Å². The average Bonchev–Trinajstić information content (AvgIpc) is 2.87. The molecule has 0 saturated carbocycles. The Balaban J connectivity index is 1.68. The first kappa shape index (κ1) is 15.8. The highest BCUT2D eigenvalue weighted by atomic mass is 16.7. The number of carbonyl (C=O) groups excluding carboxylic acids is 1. The molecule has 1 heterocycles. The summed E-state index contributed by atoms with van der Waals surface area (Å²) in [6.07, 6.45) is 0.627. The van der Waals surface area contributed by atoms with E-state index in [1.54, 1.807) is 0 Å². The summed E-state index contributed by atoms with van der Waals surface area (Å²) in [7, 11) is 0. The lowest BCUT2D eigenvalue weighted by molar-refractivity contribution is -0.146. The Bertz CT molecular complexity index is 495. The lowest BCUT2D eigenvalue weighted by atomic mass is 10.1. The summed E-state index contributed by atoms with van der Waals surface area (Å²) in [6.45, 7) is 7.69. The van der Waals surface area contributed by atoms with E-state index in [2.05, 4.69) is 5.32 Å². The van der Waals surface area contributed by atoms with Crippen molar-refractivity contribution < 1.29 is 19.0 Å². The van der Waals surface area contributed by atoms with Crippen molar-refractivity contribution in [3.05, 3.63) is 29.3 Å². The first-order chi connectivity index (χ1) is 9.98. The molecule has 116 valence electrons. The second-order valence-corrected chi connectivity index (χ2v) is 5.47. The van der Waals surface area contributed by atoms with E-state index in [-0.39, 0.29) is 12.5 Å². The smallest absolute Gasteiger partial charge is 0.257 e. The monoisotopic (exact) mass is 293 g/mol. The lowest BCUT2D eigenvalue weighted by Gasteiger charge is -2.22. The molecular weight excluding hydrogens is 270 g/mol. The van der Waals surface area contributed by atoms with E-state index in [0.717, 1.165) is 5.56 Å². The van der Waals surface area contributed by atoms with E-state index in [0.29, 0.717) is 31.9 Å². The summed E-state index contributed by atoms with van der Waals surface area (Å²) in [5.41, 5.74) is 2.35. The summed E-state index contributed by atoms with van der Waals surface area (Å²) < 4.78 is 16.4. The molecule has 0 aromatic heterocycles. The number of rotatable bonds is 6. The van der Waals surface area contributed by atoms with Crippen molar-refractivity contribution in [2.24, 2.45) is 0 Å². The molecular formula is C16H23NO4.